The van der Waals surface area contributed by atoms with Crippen molar-refractivity contribution >= 4 is 11.9 Å². The second kappa shape index (κ2) is 6.30. The summed E-state index contributed by atoms with van der Waals surface area (Å²) in [6.45, 7) is 9.83. The van der Waals surface area contributed by atoms with Gasteiger partial charge in [0.15, 0.2) is 0 Å². The Kier molecular flexibility index (Phi) is 4.54. The molecule has 130 valence electrons. The Labute approximate surface area is 139 Å². The zero-order valence-electron chi connectivity index (χ0n) is 14.8. The Bertz CT molecular complexity index is 473. The molecule has 1 spiro atoms. The number of rotatable bonds is 1. The van der Waals surface area contributed by atoms with E-state index in [4.69, 9.17) is 0 Å². The van der Waals surface area contributed by atoms with E-state index in [1.54, 1.807) is 0 Å². The van der Waals surface area contributed by atoms with Crippen LogP contribution in [0.15, 0.2) is 0 Å². The Hall–Kier alpha value is -1.30. The summed E-state index contributed by atoms with van der Waals surface area (Å²) in [6.07, 6.45) is 2.82. The summed E-state index contributed by atoms with van der Waals surface area (Å²) in [5.74, 6) is 0.271. The topological polar surface area (TPSA) is 47.1 Å². The molecule has 0 saturated carbocycles. The lowest BCUT2D eigenvalue weighted by molar-refractivity contribution is -0.147. The lowest BCUT2D eigenvalue weighted by Gasteiger charge is -2.41. The van der Waals surface area contributed by atoms with Gasteiger partial charge in [-0.3, -0.25) is 4.79 Å². The van der Waals surface area contributed by atoms with Crippen molar-refractivity contribution < 1.29 is 9.59 Å². The van der Waals surface area contributed by atoms with Crippen molar-refractivity contribution in [3.05, 3.63) is 0 Å². The molecule has 0 unspecified atom stereocenters. The SMILES string of the molecule is CC(C)N1CCC[C@@]2(CCN(C(=O)N3CCN(C)CC3)C2)C1=O. The number of piperidine rings is 1. The molecule has 0 aromatic carbocycles. The number of likely N-dealkylation sites (N-methyl/N-ethyl adjacent to an activating group) is 1. The first kappa shape index (κ1) is 16.6. The molecular formula is C17H30N4O2. The summed E-state index contributed by atoms with van der Waals surface area (Å²) in [5, 5.41) is 0. The normalized spacial score (nSPS) is 29.9. The second-order valence-corrected chi connectivity index (χ2v) is 7.72. The smallest absolute Gasteiger partial charge is 0.320 e. The quantitative estimate of drug-likeness (QED) is 0.726. The molecule has 23 heavy (non-hydrogen) atoms. The third kappa shape index (κ3) is 3.05. The van der Waals surface area contributed by atoms with Gasteiger partial charge in [0.2, 0.25) is 5.91 Å². The fourth-order valence-corrected chi connectivity index (χ4v) is 4.21. The van der Waals surface area contributed by atoms with Crippen LogP contribution in [0.3, 0.4) is 0 Å². The third-order valence-corrected chi connectivity index (χ3v) is 5.79. The fraction of sp³-hybridized carbons (Fsp3) is 0.882. The first-order valence-electron chi connectivity index (χ1n) is 8.96. The van der Waals surface area contributed by atoms with Crippen molar-refractivity contribution in [3.63, 3.8) is 0 Å². The highest BCUT2D eigenvalue weighted by Crippen LogP contribution is 2.40. The van der Waals surface area contributed by atoms with Gasteiger partial charge in [-0.25, -0.2) is 4.79 Å². The van der Waals surface area contributed by atoms with Crippen LogP contribution in [0.4, 0.5) is 4.79 Å². The number of piperazine rings is 1. The summed E-state index contributed by atoms with van der Waals surface area (Å²) < 4.78 is 0. The molecule has 0 aliphatic carbocycles. The van der Waals surface area contributed by atoms with Gasteiger partial charge in [0.25, 0.3) is 0 Å². The average molecular weight is 322 g/mol. The van der Waals surface area contributed by atoms with E-state index >= 15 is 0 Å². The van der Waals surface area contributed by atoms with Crippen molar-refractivity contribution in [2.45, 2.75) is 39.2 Å². The van der Waals surface area contributed by atoms with E-state index in [9.17, 15) is 9.59 Å². The van der Waals surface area contributed by atoms with Gasteiger partial charge in [0.05, 0.1) is 5.41 Å². The highest BCUT2D eigenvalue weighted by Gasteiger charge is 2.50. The molecular weight excluding hydrogens is 292 g/mol. The zero-order chi connectivity index (χ0) is 16.6. The molecule has 0 bridgehead atoms. The Morgan fingerprint density at radius 1 is 1.00 bits per heavy atom. The van der Waals surface area contributed by atoms with Crippen molar-refractivity contribution in [1.82, 2.24) is 19.6 Å². The molecule has 3 amide bonds. The van der Waals surface area contributed by atoms with E-state index in [2.05, 4.69) is 25.8 Å². The Balaban J connectivity index is 1.65. The van der Waals surface area contributed by atoms with Crippen LogP contribution in [-0.2, 0) is 4.79 Å². The molecule has 1 atom stereocenters. The number of likely N-dealkylation sites (tertiary alicyclic amines) is 2. The molecule has 6 nitrogen and oxygen atoms in total. The van der Waals surface area contributed by atoms with Crippen LogP contribution in [0.1, 0.15) is 33.1 Å². The third-order valence-electron chi connectivity index (χ3n) is 5.79. The van der Waals surface area contributed by atoms with Crippen LogP contribution in [0.2, 0.25) is 0 Å². The van der Waals surface area contributed by atoms with Gasteiger partial charge < -0.3 is 19.6 Å². The summed E-state index contributed by atoms with van der Waals surface area (Å²) in [4.78, 5) is 33.8. The number of urea groups is 1. The highest BCUT2D eigenvalue weighted by molar-refractivity contribution is 5.86. The minimum Gasteiger partial charge on any atom is -0.340 e. The molecule has 3 saturated heterocycles. The summed E-state index contributed by atoms with van der Waals surface area (Å²) >= 11 is 0. The number of nitrogens with zero attached hydrogens (tertiary/aromatic N) is 4. The second-order valence-electron chi connectivity index (χ2n) is 7.72. The van der Waals surface area contributed by atoms with Crippen LogP contribution in [0.25, 0.3) is 0 Å². The van der Waals surface area contributed by atoms with E-state index in [-0.39, 0.29) is 23.4 Å². The van der Waals surface area contributed by atoms with Gasteiger partial charge in [-0.2, -0.15) is 0 Å². The van der Waals surface area contributed by atoms with Crippen LogP contribution in [0.5, 0.6) is 0 Å². The average Bonchev–Trinajstić information content (AvgIpc) is 2.95. The number of amides is 3. The van der Waals surface area contributed by atoms with Gasteiger partial charge in [0.1, 0.15) is 0 Å². The van der Waals surface area contributed by atoms with Crippen molar-refractivity contribution in [2.75, 3.05) is 52.9 Å². The molecule has 3 aliphatic heterocycles. The van der Waals surface area contributed by atoms with Gasteiger partial charge in [-0.15, -0.1) is 0 Å². The molecule has 3 aliphatic rings. The first-order chi connectivity index (χ1) is 10.9. The molecule has 6 heteroatoms. The maximum Gasteiger partial charge on any atom is 0.320 e. The minimum absolute atomic E-state index is 0.129. The Morgan fingerprint density at radius 3 is 2.35 bits per heavy atom. The maximum absolute atomic E-state index is 12.9. The van der Waals surface area contributed by atoms with Crippen molar-refractivity contribution in [2.24, 2.45) is 5.41 Å². The molecule has 3 rings (SSSR count). The Morgan fingerprint density at radius 2 is 1.70 bits per heavy atom. The molecule has 0 aromatic heterocycles. The van der Waals surface area contributed by atoms with Crippen molar-refractivity contribution in [1.29, 1.82) is 0 Å². The molecule has 0 radical (unpaired) electrons. The molecule has 0 aromatic rings. The largest absolute Gasteiger partial charge is 0.340 e. The van der Waals surface area contributed by atoms with E-state index in [0.29, 0.717) is 6.54 Å². The summed E-state index contributed by atoms with van der Waals surface area (Å²) in [6, 6.07) is 0.381. The van der Waals surface area contributed by atoms with E-state index in [0.717, 1.165) is 58.5 Å². The predicted octanol–water partition coefficient (Wildman–Crippen LogP) is 1.08. The van der Waals surface area contributed by atoms with Crippen LogP contribution in [0, 0.1) is 5.41 Å². The van der Waals surface area contributed by atoms with Crippen LogP contribution >= 0.6 is 0 Å². The molecule has 0 N–H and O–H groups in total. The lowest BCUT2D eigenvalue weighted by Crippen LogP contribution is -2.54. The van der Waals surface area contributed by atoms with E-state index < -0.39 is 0 Å². The van der Waals surface area contributed by atoms with Crippen molar-refractivity contribution in [3.8, 4) is 0 Å². The van der Waals surface area contributed by atoms with Gasteiger partial charge >= 0.3 is 6.03 Å². The van der Waals surface area contributed by atoms with Crippen LogP contribution in [-0.4, -0.2) is 90.4 Å². The summed E-state index contributed by atoms with van der Waals surface area (Å²) in [5.41, 5.74) is -0.315. The minimum atomic E-state index is -0.315. The molecule has 3 heterocycles. The molecule has 3 fully saturated rings. The van der Waals surface area contributed by atoms with Gasteiger partial charge in [-0.05, 0) is 40.2 Å². The number of hydrogen-bond acceptors (Lipinski definition) is 3. The van der Waals surface area contributed by atoms with Gasteiger partial charge in [0, 0.05) is 51.9 Å². The highest BCUT2D eigenvalue weighted by atomic mass is 16.2. The number of carbonyl (C=O) groups excluding carboxylic acids is 2. The predicted molar refractivity (Wildman–Crippen MR) is 89.2 cm³/mol. The fourth-order valence-electron chi connectivity index (χ4n) is 4.21. The monoisotopic (exact) mass is 322 g/mol. The lowest BCUT2D eigenvalue weighted by atomic mass is 9.78. The summed E-state index contributed by atoms with van der Waals surface area (Å²) in [7, 11) is 2.09. The zero-order valence-corrected chi connectivity index (χ0v) is 14.8. The number of carbonyl (C=O) groups is 2. The van der Waals surface area contributed by atoms with E-state index in [1.807, 2.05) is 14.7 Å². The first-order valence-corrected chi connectivity index (χ1v) is 8.96. The number of hydrogen-bond donors (Lipinski definition) is 0. The van der Waals surface area contributed by atoms with Crippen LogP contribution < -0.4 is 0 Å². The maximum atomic E-state index is 12.9. The standard InChI is InChI=1S/C17H30N4O2/c1-14(2)21-7-4-5-17(15(21)22)6-8-20(13-17)16(23)19-11-9-18(3)10-12-19/h14H,4-13H2,1-3H3/t17-/m0/s1. The van der Waals surface area contributed by atoms with E-state index in [1.165, 1.54) is 0 Å². The van der Waals surface area contributed by atoms with Gasteiger partial charge in [-0.1, -0.05) is 0 Å².